The Hall–Kier alpha value is -2.10. The zero-order valence-electron chi connectivity index (χ0n) is 7.18. The van der Waals surface area contributed by atoms with E-state index in [1.54, 1.807) is 12.3 Å². The molecule has 1 heterocycles. The van der Waals surface area contributed by atoms with Crippen LogP contribution in [-0.4, -0.2) is 10.9 Å². The van der Waals surface area contributed by atoms with Gasteiger partial charge in [0, 0.05) is 16.8 Å². The number of hydrogen-bond acceptors (Lipinski definition) is 3. The zero-order chi connectivity index (χ0) is 9.97. The Labute approximate surface area is 79.6 Å². The lowest BCUT2D eigenvalue weighted by atomic mass is 10.1. The van der Waals surface area contributed by atoms with E-state index in [1.165, 1.54) is 0 Å². The number of carbonyl (C=O) groups excluding carboxylic acids is 1. The molecule has 0 aliphatic heterocycles. The molecule has 0 unspecified atom stereocenters. The molecule has 4 heteroatoms. The lowest BCUT2D eigenvalue weighted by Crippen LogP contribution is -1.96. The van der Waals surface area contributed by atoms with Crippen LogP contribution in [0.3, 0.4) is 0 Å². The largest absolute Gasteiger partial charge is 0.335 e. The van der Waals surface area contributed by atoms with E-state index in [0.717, 1.165) is 10.8 Å². The van der Waals surface area contributed by atoms with Crippen LogP contribution in [0.15, 0.2) is 41.7 Å². The van der Waals surface area contributed by atoms with Crippen molar-refractivity contribution in [1.82, 2.24) is 4.98 Å². The first kappa shape index (κ1) is 8.50. The molecule has 0 atom stereocenters. The Kier molecular flexibility index (Phi) is 2.02. The summed E-state index contributed by atoms with van der Waals surface area (Å²) in [5, 5.41) is 4.11. The third-order valence-corrected chi connectivity index (χ3v) is 1.93. The average Bonchev–Trinajstić information content (AvgIpc) is 2.27. The van der Waals surface area contributed by atoms with Crippen molar-refractivity contribution in [2.24, 2.45) is 5.18 Å². The molecule has 0 spiro atoms. The minimum Gasteiger partial charge on any atom is -0.261 e. The fourth-order valence-corrected chi connectivity index (χ4v) is 1.25. The molecule has 1 aromatic carbocycles. The maximum atomic E-state index is 10.9. The molecule has 1 amide bonds. The summed E-state index contributed by atoms with van der Waals surface area (Å²) < 4.78 is 0. The highest BCUT2D eigenvalue weighted by Gasteiger charge is 2.07. The predicted octanol–water partition coefficient (Wildman–Crippen LogP) is 2.14. The Morgan fingerprint density at radius 1 is 1.21 bits per heavy atom. The van der Waals surface area contributed by atoms with E-state index < -0.39 is 5.91 Å². The van der Waals surface area contributed by atoms with E-state index in [-0.39, 0.29) is 5.69 Å². The van der Waals surface area contributed by atoms with Crippen LogP contribution in [0.1, 0.15) is 10.5 Å². The van der Waals surface area contributed by atoms with Gasteiger partial charge in [0.25, 0.3) is 0 Å². The summed E-state index contributed by atoms with van der Waals surface area (Å²) in [5.74, 6) is -0.837. The van der Waals surface area contributed by atoms with Crippen molar-refractivity contribution in [3.8, 4) is 0 Å². The van der Waals surface area contributed by atoms with Crippen LogP contribution in [-0.2, 0) is 0 Å². The van der Waals surface area contributed by atoms with Crippen LogP contribution in [0, 0.1) is 4.91 Å². The Morgan fingerprint density at radius 2 is 1.93 bits per heavy atom. The molecule has 0 bridgehead atoms. The summed E-state index contributed by atoms with van der Waals surface area (Å²) in [6, 6.07) is 9.01. The van der Waals surface area contributed by atoms with Gasteiger partial charge in [-0.3, -0.25) is 9.78 Å². The number of aromatic nitrogens is 1. The molecule has 0 N–H and O–H groups in total. The molecule has 2 aromatic rings. The minimum atomic E-state index is -0.837. The van der Waals surface area contributed by atoms with Crippen LogP contribution in [0.2, 0.25) is 0 Å². The van der Waals surface area contributed by atoms with Crippen LogP contribution in [0.25, 0.3) is 10.8 Å². The molecular formula is C10H6N2O2. The number of pyridine rings is 1. The van der Waals surface area contributed by atoms with Gasteiger partial charge in [0.15, 0.2) is 0 Å². The quantitative estimate of drug-likeness (QED) is 0.641. The third-order valence-electron chi connectivity index (χ3n) is 1.93. The highest BCUT2D eigenvalue weighted by atomic mass is 16.3. The normalized spacial score (nSPS) is 10.0. The first-order valence-electron chi connectivity index (χ1n) is 4.04. The van der Waals surface area contributed by atoms with Crippen molar-refractivity contribution in [3.05, 3.63) is 47.1 Å². The number of hydrogen-bond donors (Lipinski definition) is 0. The molecular weight excluding hydrogens is 180 g/mol. The lowest BCUT2D eigenvalue weighted by molar-refractivity contribution is 0.0996. The fourth-order valence-electron chi connectivity index (χ4n) is 1.25. The topological polar surface area (TPSA) is 59.4 Å². The molecule has 0 radical (unpaired) electrons. The van der Waals surface area contributed by atoms with Gasteiger partial charge in [-0.05, 0) is 11.5 Å². The molecule has 4 nitrogen and oxygen atoms in total. The Morgan fingerprint density at radius 3 is 2.64 bits per heavy atom. The number of benzene rings is 1. The summed E-state index contributed by atoms with van der Waals surface area (Å²) in [6.07, 6.45) is 1.55. The van der Waals surface area contributed by atoms with Gasteiger partial charge >= 0.3 is 5.91 Å². The van der Waals surface area contributed by atoms with Gasteiger partial charge in [0.2, 0.25) is 0 Å². The summed E-state index contributed by atoms with van der Waals surface area (Å²) in [6.45, 7) is 0. The second-order valence-electron chi connectivity index (χ2n) is 2.81. The molecule has 1 aromatic heterocycles. The van der Waals surface area contributed by atoms with E-state index in [4.69, 9.17) is 0 Å². The number of nitrogens with zero attached hydrogens (tertiary/aromatic N) is 2. The SMILES string of the molecule is O=NC(=O)c1cc2ccccc2cn1. The van der Waals surface area contributed by atoms with Crippen LogP contribution in [0.5, 0.6) is 0 Å². The highest BCUT2D eigenvalue weighted by Crippen LogP contribution is 2.13. The van der Waals surface area contributed by atoms with Crippen molar-refractivity contribution in [2.75, 3.05) is 0 Å². The number of fused-ring (bicyclic) bond motifs is 1. The zero-order valence-corrected chi connectivity index (χ0v) is 7.18. The standard InChI is InChI=1S/C10H6N2O2/c13-10(12-14)9-5-7-3-1-2-4-8(7)6-11-9/h1-6H. The van der Waals surface area contributed by atoms with Gasteiger partial charge in [-0.2, -0.15) is 0 Å². The lowest BCUT2D eigenvalue weighted by Gasteiger charge is -1.97. The van der Waals surface area contributed by atoms with Gasteiger partial charge in [0.1, 0.15) is 5.69 Å². The van der Waals surface area contributed by atoms with E-state index in [9.17, 15) is 9.70 Å². The van der Waals surface area contributed by atoms with Gasteiger partial charge in [-0.25, -0.2) is 0 Å². The maximum Gasteiger partial charge on any atom is 0.335 e. The van der Waals surface area contributed by atoms with Crippen molar-refractivity contribution < 1.29 is 4.79 Å². The van der Waals surface area contributed by atoms with Crippen molar-refractivity contribution in [1.29, 1.82) is 0 Å². The van der Waals surface area contributed by atoms with E-state index >= 15 is 0 Å². The smallest absolute Gasteiger partial charge is 0.261 e. The molecule has 0 saturated heterocycles. The first-order valence-corrected chi connectivity index (χ1v) is 4.04. The number of amides is 1. The second-order valence-corrected chi connectivity index (χ2v) is 2.81. The van der Waals surface area contributed by atoms with Crippen LogP contribution >= 0.6 is 0 Å². The molecule has 14 heavy (non-hydrogen) atoms. The van der Waals surface area contributed by atoms with Crippen molar-refractivity contribution in [3.63, 3.8) is 0 Å². The molecule has 0 saturated carbocycles. The van der Waals surface area contributed by atoms with Crippen molar-refractivity contribution in [2.45, 2.75) is 0 Å². The monoisotopic (exact) mass is 186 g/mol. The average molecular weight is 186 g/mol. The number of carbonyl (C=O) groups is 1. The molecule has 68 valence electrons. The van der Waals surface area contributed by atoms with E-state index in [2.05, 4.69) is 10.2 Å². The Bertz CT molecular complexity index is 508. The summed E-state index contributed by atoms with van der Waals surface area (Å²) in [4.78, 5) is 24.8. The van der Waals surface area contributed by atoms with E-state index in [0.29, 0.717) is 0 Å². The van der Waals surface area contributed by atoms with Crippen molar-refractivity contribution >= 4 is 16.7 Å². The van der Waals surface area contributed by atoms with Crippen LogP contribution in [0.4, 0.5) is 0 Å². The summed E-state index contributed by atoms with van der Waals surface area (Å²) in [5.41, 5.74) is 0.0821. The predicted molar refractivity (Wildman–Crippen MR) is 51.9 cm³/mol. The van der Waals surface area contributed by atoms with Crippen LogP contribution < -0.4 is 0 Å². The first-order chi connectivity index (χ1) is 6.81. The van der Waals surface area contributed by atoms with Gasteiger partial charge < -0.3 is 0 Å². The van der Waals surface area contributed by atoms with Gasteiger partial charge in [-0.15, -0.1) is 4.91 Å². The van der Waals surface area contributed by atoms with Gasteiger partial charge in [-0.1, -0.05) is 24.3 Å². The minimum absolute atomic E-state index is 0.0821. The summed E-state index contributed by atoms with van der Waals surface area (Å²) >= 11 is 0. The fraction of sp³-hybridized carbons (Fsp3) is 0. The number of rotatable bonds is 1. The van der Waals surface area contributed by atoms with Gasteiger partial charge in [0.05, 0.1) is 0 Å². The maximum absolute atomic E-state index is 10.9. The van der Waals surface area contributed by atoms with E-state index in [1.807, 2.05) is 24.3 Å². The summed E-state index contributed by atoms with van der Waals surface area (Å²) in [7, 11) is 0. The number of nitroso groups, excluding NO2 is 1. The highest BCUT2D eigenvalue weighted by molar-refractivity contribution is 5.96. The molecule has 0 aliphatic carbocycles. The third kappa shape index (κ3) is 1.37. The molecule has 0 aliphatic rings. The molecule has 0 fully saturated rings. The second kappa shape index (κ2) is 3.33. The Balaban J connectivity index is 2.62. The molecule has 2 rings (SSSR count).